The van der Waals surface area contributed by atoms with E-state index in [4.69, 9.17) is 4.74 Å². The van der Waals surface area contributed by atoms with Gasteiger partial charge in [-0.2, -0.15) is 5.10 Å². The lowest BCUT2D eigenvalue weighted by Crippen LogP contribution is -2.05. The summed E-state index contributed by atoms with van der Waals surface area (Å²) in [4.78, 5) is 15.0. The molecule has 15 heavy (non-hydrogen) atoms. The minimum Gasteiger partial charge on any atom is -0.454 e. The number of nitrogens with zero attached hydrogens (tertiary/aromatic N) is 2. The highest BCUT2D eigenvalue weighted by Gasteiger charge is 2.01. The van der Waals surface area contributed by atoms with Crippen LogP contribution in [0, 0.1) is 6.92 Å². The maximum absolute atomic E-state index is 11.0. The molecule has 0 saturated heterocycles. The van der Waals surface area contributed by atoms with E-state index in [-0.39, 0.29) is 5.56 Å². The van der Waals surface area contributed by atoms with Gasteiger partial charge in [0.2, 0.25) is 0 Å². The zero-order valence-corrected chi connectivity index (χ0v) is 8.10. The van der Waals surface area contributed by atoms with Crippen LogP contribution < -0.4 is 10.3 Å². The molecule has 0 saturated carbocycles. The molecule has 0 aliphatic rings. The van der Waals surface area contributed by atoms with Gasteiger partial charge in [0.25, 0.3) is 5.56 Å². The quantitative estimate of drug-likeness (QED) is 0.797. The molecule has 0 aromatic carbocycles. The van der Waals surface area contributed by atoms with Gasteiger partial charge in [0.15, 0.2) is 5.75 Å². The van der Waals surface area contributed by atoms with Crippen LogP contribution in [-0.4, -0.2) is 15.2 Å². The molecule has 1 N–H and O–H groups in total. The number of pyridine rings is 1. The smallest absolute Gasteiger partial charge is 0.267 e. The van der Waals surface area contributed by atoms with Crippen molar-refractivity contribution in [2.45, 2.75) is 6.92 Å². The van der Waals surface area contributed by atoms with Crippen LogP contribution in [0.3, 0.4) is 0 Å². The van der Waals surface area contributed by atoms with Crippen molar-refractivity contribution in [1.29, 1.82) is 0 Å². The fourth-order valence-corrected chi connectivity index (χ4v) is 1.12. The SMILES string of the molecule is Cc1ncccc1Oc1cn[nH]c(=O)c1. The van der Waals surface area contributed by atoms with E-state index in [0.717, 1.165) is 5.69 Å². The van der Waals surface area contributed by atoms with Crippen LogP contribution in [0.2, 0.25) is 0 Å². The van der Waals surface area contributed by atoms with Gasteiger partial charge in [-0.3, -0.25) is 9.78 Å². The Labute approximate surface area is 85.8 Å². The van der Waals surface area contributed by atoms with Crippen LogP contribution in [0.1, 0.15) is 5.69 Å². The number of nitrogens with one attached hydrogen (secondary N) is 1. The highest BCUT2D eigenvalue weighted by molar-refractivity contribution is 5.30. The van der Waals surface area contributed by atoms with Crippen molar-refractivity contribution in [3.05, 3.63) is 46.6 Å². The van der Waals surface area contributed by atoms with Crippen LogP contribution in [0.25, 0.3) is 0 Å². The van der Waals surface area contributed by atoms with Crippen LogP contribution in [0.15, 0.2) is 35.4 Å². The Balaban J connectivity index is 2.30. The monoisotopic (exact) mass is 203 g/mol. The van der Waals surface area contributed by atoms with Crippen LogP contribution in [0.4, 0.5) is 0 Å². The Hall–Kier alpha value is -2.17. The fraction of sp³-hybridized carbons (Fsp3) is 0.100. The van der Waals surface area contributed by atoms with Crippen molar-refractivity contribution in [1.82, 2.24) is 15.2 Å². The molecule has 0 aliphatic heterocycles. The molecule has 0 spiro atoms. The van der Waals surface area contributed by atoms with Crippen molar-refractivity contribution in [3.63, 3.8) is 0 Å². The number of aromatic amines is 1. The maximum atomic E-state index is 11.0. The van der Waals surface area contributed by atoms with Crippen LogP contribution >= 0.6 is 0 Å². The zero-order valence-electron chi connectivity index (χ0n) is 8.10. The van der Waals surface area contributed by atoms with Crippen LogP contribution in [-0.2, 0) is 0 Å². The Morgan fingerprint density at radius 1 is 1.47 bits per heavy atom. The van der Waals surface area contributed by atoms with E-state index in [1.54, 1.807) is 18.3 Å². The second kappa shape index (κ2) is 3.91. The summed E-state index contributed by atoms with van der Waals surface area (Å²) in [6.07, 6.45) is 3.12. The number of hydrogen-bond acceptors (Lipinski definition) is 4. The first kappa shape index (κ1) is 9.39. The van der Waals surface area contributed by atoms with Gasteiger partial charge < -0.3 is 4.74 Å². The van der Waals surface area contributed by atoms with Gasteiger partial charge in [0, 0.05) is 12.3 Å². The molecule has 0 fully saturated rings. The Kier molecular flexibility index (Phi) is 2.45. The average Bonchev–Trinajstić information content (AvgIpc) is 2.22. The first-order valence-electron chi connectivity index (χ1n) is 4.40. The van der Waals surface area contributed by atoms with E-state index < -0.39 is 0 Å². The summed E-state index contributed by atoms with van der Waals surface area (Å²) in [6.45, 7) is 1.83. The molecule has 5 nitrogen and oxygen atoms in total. The average molecular weight is 203 g/mol. The first-order chi connectivity index (χ1) is 7.25. The molecule has 0 bridgehead atoms. The molecule has 2 aromatic rings. The standard InChI is InChI=1S/C10H9N3O2/c1-7-9(3-2-4-11-7)15-8-5-10(14)13-12-6-8/h2-6H,1H3,(H,13,14). The third-order valence-electron chi connectivity index (χ3n) is 1.83. The fourth-order valence-electron chi connectivity index (χ4n) is 1.12. The van der Waals surface area contributed by atoms with Crippen molar-refractivity contribution in [2.24, 2.45) is 0 Å². The van der Waals surface area contributed by atoms with E-state index in [9.17, 15) is 4.79 Å². The summed E-state index contributed by atoms with van der Waals surface area (Å²) >= 11 is 0. The topological polar surface area (TPSA) is 67.9 Å². The molecule has 2 aromatic heterocycles. The van der Waals surface area contributed by atoms with E-state index in [2.05, 4.69) is 15.2 Å². The predicted octanol–water partition coefficient (Wildman–Crippen LogP) is 1.27. The summed E-state index contributed by atoms with van der Waals surface area (Å²) in [5, 5.41) is 5.90. The highest BCUT2D eigenvalue weighted by atomic mass is 16.5. The number of hydrogen-bond donors (Lipinski definition) is 1. The summed E-state index contributed by atoms with van der Waals surface area (Å²) in [5.74, 6) is 1.01. The lowest BCUT2D eigenvalue weighted by atomic mass is 10.3. The minimum absolute atomic E-state index is 0.297. The van der Waals surface area contributed by atoms with E-state index in [1.165, 1.54) is 12.3 Å². The van der Waals surface area contributed by atoms with E-state index in [1.807, 2.05) is 6.92 Å². The second-order valence-electron chi connectivity index (χ2n) is 2.97. The normalized spacial score (nSPS) is 9.93. The lowest BCUT2D eigenvalue weighted by molar-refractivity contribution is 0.470. The van der Waals surface area contributed by atoms with Gasteiger partial charge in [-0.15, -0.1) is 0 Å². The first-order valence-corrected chi connectivity index (χ1v) is 4.40. The number of ether oxygens (including phenoxy) is 1. The Bertz CT molecular complexity index is 522. The largest absolute Gasteiger partial charge is 0.454 e. The van der Waals surface area contributed by atoms with Crippen molar-refractivity contribution >= 4 is 0 Å². The predicted molar refractivity (Wildman–Crippen MR) is 53.9 cm³/mol. The van der Waals surface area contributed by atoms with Crippen molar-refractivity contribution in [3.8, 4) is 11.5 Å². The van der Waals surface area contributed by atoms with Crippen molar-refractivity contribution in [2.75, 3.05) is 0 Å². The van der Waals surface area contributed by atoms with E-state index in [0.29, 0.717) is 11.5 Å². The molecule has 2 heterocycles. The maximum Gasteiger partial charge on any atom is 0.267 e. The van der Waals surface area contributed by atoms with E-state index >= 15 is 0 Å². The van der Waals surface area contributed by atoms with Gasteiger partial charge in [-0.25, -0.2) is 5.10 Å². The Morgan fingerprint density at radius 2 is 2.33 bits per heavy atom. The zero-order chi connectivity index (χ0) is 10.7. The summed E-state index contributed by atoms with van der Waals surface area (Å²) in [7, 11) is 0. The van der Waals surface area contributed by atoms with Gasteiger partial charge in [0.05, 0.1) is 11.9 Å². The molecule has 0 radical (unpaired) electrons. The number of H-pyrrole nitrogens is 1. The summed E-state index contributed by atoms with van der Waals surface area (Å²) < 4.78 is 5.44. The number of rotatable bonds is 2. The molecule has 2 rings (SSSR count). The molecule has 5 heteroatoms. The molecule has 0 aliphatic carbocycles. The molecular weight excluding hydrogens is 194 g/mol. The number of aryl methyl sites for hydroxylation is 1. The summed E-state index contributed by atoms with van der Waals surface area (Å²) in [5.41, 5.74) is 0.465. The summed E-state index contributed by atoms with van der Waals surface area (Å²) in [6, 6.07) is 4.88. The molecule has 0 amide bonds. The second-order valence-corrected chi connectivity index (χ2v) is 2.97. The lowest BCUT2D eigenvalue weighted by Gasteiger charge is -2.05. The van der Waals surface area contributed by atoms with Gasteiger partial charge in [-0.1, -0.05) is 0 Å². The third kappa shape index (κ3) is 2.19. The van der Waals surface area contributed by atoms with Gasteiger partial charge in [-0.05, 0) is 19.1 Å². The molecule has 0 atom stereocenters. The van der Waals surface area contributed by atoms with Gasteiger partial charge >= 0.3 is 0 Å². The highest BCUT2D eigenvalue weighted by Crippen LogP contribution is 2.20. The molecule has 76 valence electrons. The van der Waals surface area contributed by atoms with Crippen molar-refractivity contribution < 1.29 is 4.74 Å². The third-order valence-corrected chi connectivity index (χ3v) is 1.83. The van der Waals surface area contributed by atoms with Gasteiger partial charge in [0.1, 0.15) is 5.75 Å². The van der Waals surface area contributed by atoms with Crippen LogP contribution in [0.5, 0.6) is 11.5 Å². The Morgan fingerprint density at radius 3 is 3.07 bits per heavy atom. The number of aromatic nitrogens is 3. The molecule has 0 unspecified atom stereocenters. The molecular formula is C10H9N3O2. The minimum atomic E-state index is -0.297.